The van der Waals surface area contributed by atoms with E-state index in [1.165, 1.54) is 16.7 Å². The summed E-state index contributed by atoms with van der Waals surface area (Å²) in [6, 6.07) is 80.7. The third kappa shape index (κ3) is 21.5. The van der Waals surface area contributed by atoms with Gasteiger partial charge < -0.3 is 52.1 Å². The van der Waals surface area contributed by atoms with E-state index in [9.17, 15) is 47.9 Å². The lowest BCUT2D eigenvalue weighted by atomic mass is 9.91. The van der Waals surface area contributed by atoms with Crippen LogP contribution in [0.5, 0.6) is 5.75 Å². The van der Waals surface area contributed by atoms with Crippen molar-refractivity contribution in [2.24, 2.45) is 35.2 Å². The number of benzene rings is 9. The molecule has 0 radical (unpaired) electrons. The Kier molecular flexibility index (Phi) is 29.6. The minimum absolute atomic E-state index is 0.00157. The molecule has 141 heavy (non-hydrogen) atoms. The van der Waals surface area contributed by atoms with Gasteiger partial charge in [-0.3, -0.25) is 52.9 Å². The van der Waals surface area contributed by atoms with Crippen LogP contribution in [0.2, 0.25) is 0 Å². The molecule has 9 aromatic carbocycles. The molecule has 0 spiro atoms. The second-order valence-electron chi connectivity index (χ2n) is 37.5. The highest BCUT2D eigenvalue weighted by atomic mass is 16.5. The van der Waals surface area contributed by atoms with Crippen molar-refractivity contribution in [3.8, 4) is 61.4 Å². The topological polar surface area (TPSA) is 234 Å². The number of ether oxygens (including phenoxy) is 1. The highest BCUT2D eigenvalue weighted by Crippen LogP contribution is 2.45. The number of hydrogen-bond donors (Lipinski definition) is 0. The lowest BCUT2D eigenvalue weighted by Crippen LogP contribution is -2.37. The highest BCUT2D eigenvalue weighted by Gasteiger charge is 2.35. The van der Waals surface area contributed by atoms with Crippen LogP contribution in [0.15, 0.2) is 304 Å². The van der Waals surface area contributed by atoms with Crippen molar-refractivity contribution in [2.75, 3.05) is 31.6 Å². The number of carbonyl (C=O) groups excluding carboxylic acids is 5. The van der Waals surface area contributed by atoms with Crippen molar-refractivity contribution in [1.82, 2.24) is 27.8 Å². The number of aromatic nitrogens is 6. The number of anilines is 5. The Morgan fingerprint density at radius 2 is 0.631 bits per heavy atom. The highest BCUT2D eigenvalue weighted by molar-refractivity contribution is 6.02. The first-order valence-corrected chi connectivity index (χ1v) is 48.0. The number of aryl methyl sites for hydroxylation is 17. The van der Waals surface area contributed by atoms with Crippen LogP contribution < -0.4 is 57.0 Å². The molecule has 2 unspecified atom stereocenters. The van der Waals surface area contributed by atoms with Gasteiger partial charge in [-0.1, -0.05) is 146 Å². The molecule has 6 aromatic heterocycles. The SMILES string of the molecule is COc1cc(-c2cc(C)c(=O)n(C)c2)cc2c1N(Cc1ccccc1)C(=O)CC2.Cc1cc(-c2ccc3c(c2)CCC(=O)N3Cc2ccccc2)cn(C)c1=O.Cc1cc(-c2ccc3c(c2)N(Cc2ccccc2)C(=O)CC3)cn(C)c1=O.Cc1cc2c(cc1-c1cc(C)c(=O)n(C)c1)CCC(=O)N2C(C)c1ccccc1.Cc1cc2c(cc1-c1cc(C)c(=O)n(C)c1)CCC(=O)N2C(C)c1ccccn1. The van der Waals surface area contributed by atoms with E-state index >= 15 is 0 Å². The number of amides is 5. The van der Waals surface area contributed by atoms with E-state index < -0.39 is 0 Å². The minimum Gasteiger partial charge on any atom is -0.495 e. The van der Waals surface area contributed by atoms with Crippen LogP contribution in [0, 0.1) is 48.5 Å². The summed E-state index contributed by atoms with van der Waals surface area (Å²) in [4.78, 5) is 138. The van der Waals surface area contributed by atoms with E-state index in [0.717, 1.165) is 177 Å². The standard InChI is InChI=1S/C25H26N2O2.C24H25N3O2.C24H24N2O3.2C23H22N2O2/c1-16-13-23-20(14-22(16)21-12-17(2)25(29)26(4)15-21)10-11-24(28)27(23)18(3)19-8-6-5-7-9-19;1-15-12-22-18(13-20(15)19-11-16(2)24(29)26(4)14-19)8-9-23(28)27(22)17(3)21-7-5-6-10-25-21;1-16-11-20(15-25(2)24(16)28)19-12-18-9-10-22(27)26(23(18)21(13-19)29-3)14-17-7-5-4-6-8-17;1-16-12-20(15-24(2)23(16)27)18-8-10-21-19(13-18)9-11-22(26)25(21)14-17-6-4-3-5-7-17;1-16-12-20(15-24(2)23(16)27)19-9-8-18-10-11-22(26)25(21(18)13-19)14-17-6-4-3-5-7-17/h5-9,12-15,18H,10-11H2,1-4H3;5-7,10-14,17H,8-9H2,1-4H3;4-8,11-13,15H,9-10,14H2,1-3H3;3-8,10,12-13,15H,9,11,14H2,1-2H3;3-9,12-13,15H,10-11,14H2,1-2H3. The molecular weight excluding hydrogens is 1760 g/mol. The summed E-state index contributed by atoms with van der Waals surface area (Å²) in [7, 11) is 10.5. The van der Waals surface area contributed by atoms with Crippen molar-refractivity contribution in [3.63, 3.8) is 0 Å². The van der Waals surface area contributed by atoms with Gasteiger partial charge in [-0.25, -0.2) is 0 Å². The van der Waals surface area contributed by atoms with Gasteiger partial charge in [-0.2, -0.15) is 0 Å². The first kappa shape index (κ1) is 98.1. The predicted octanol–water partition coefficient (Wildman–Crippen LogP) is 20.3. The molecule has 22 heteroatoms. The number of fused-ring (bicyclic) bond motifs is 5. The molecule has 22 nitrogen and oxygen atoms in total. The molecule has 0 saturated heterocycles. The monoisotopic (exact) mass is 1880 g/mol. The van der Waals surface area contributed by atoms with Crippen molar-refractivity contribution in [3.05, 3.63) is 426 Å². The Hall–Kier alpha value is -16.0. The molecule has 5 aliphatic rings. The Morgan fingerprint density at radius 3 is 1.06 bits per heavy atom. The molecule has 5 amide bonds. The molecule has 11 heterocycles. The van der Waals surface area contributed by atoms with Crippen LogP contribution in [0.1, 0.15) is 153 Å². The Labute approximate surface area is 822 Å². The average Bonchev–Trinajstić information content (AvgIpc) is 0.782. The third-order valence-electron chi connectivity index (χ3n) is 27.4. The molecule has 15 aromatic rings. The number of pyridine rings is 6. The van der Waals surface area contributed by atoms with E-state index in [0.29, 0.717) is 75.0 Å². The van der Waals surface area contributed by atoms with E-state index in [4.69, 9.17) is 4.74 Å². The fourth-order valence-corrected chi connectivity index (χ4v) is 19.8. The predicted molar refractivity (Wildman–Crippen MR) is 562 cm³/mol. The molecule has 716 valence electrons. The first-order chi connectivity index (χ1) is 67.7. The summed E-state index contributed by atoms with van der Waals surface area (Å²) in [5, 5.41) is 0. The molecule has 5 aliphatic heterocycles. The summed E-state index contributed by atoms with van der Waals surface area (Å²) < 4.78 is 13.8. The van der Waals surface area contributed by atoms with E-state index in [1.54, 1.807) is 71.4 Å². The van der Waals surface area contributed by atoms with E-state index in [2.05, 4.69) is 92.5 Å². The van der Waals surface area contributed by atoms with Gasteiger partial charge >= 0.3 is 0 Å². The van der Waals surface area contributed by atoms with Crippen LogP contribution in [-0.2, 0) is 111 Å². The maximum absolute atomic E-state index is 12.9. The number of hydrogen-bond acceptors (Lipinski definition) is 12. The second-order valence-corrected chi connectivity index (χ2v) is 37.5. The smallest absolute Gasteiger partial charge is 0.253 e. The number of rotatable bonds is 16. The van der Waals surface area contributed by atoms with E-state index in [1.807, 2.05) is 273 Å². The lowest BCUT2D eigenvalue weighted by molar-refractivity contribution is -0.120. The second kappa shape index (κ2) is 42.6. The van der Waals surface area contributed by atoms with Crippen LogP contribution in [0.4, 0.5) is 28.4 Å². The first-order valence-electron chi connectivity index (χ1n) is 48.0. The maximum atomic E-state index is 12.9. The molecule has 0 N–H and O–H groups in total. The average molecular weight is 1880 g/mol. The molecule has 0 bridgehead atoms. The van der Waals surface area contributed by atoms with Crippen molar-refractivity contribution in [2.45, 2.75) is 158 Å². The largest absolute Gasteiger partial charge is 0.495 e. The van der Waals surface area contributed by atoms with Crippen LogP contribution >= 0.6 is 0 Å². The summed E-state index contributed by atoms with van der Waals surface area (Å²) in [6.45, 7) is 19.1. The zero-order chi connectivity index (χ0) is 99.9. The summed E-state index contributed by atoms with van der Waals surface area (Å²) in [5.41, 5.74) is 32.0. The van der Waals surface area contributed by atoms with Gasteiger partial charge in [0, 0.05) is 155 Å². The molecular formula is C119H119N11O11. The van der Waals surface area contributed by atoms with Gasteiger partial charge in [-0.05, 0) is 308 Å². The van der Waals surface area contributed by atoms with Gasteiger partial charge in [-0.15, -0.1) is 0 Å². The number of carbonyl (C=O) groups is 5. The zero-order valence-corrected chi connectivity index (χ0v) is 82.8. The minimum atomic E-state index is -0.132. The zero-order valence-electron chi connectivity index (χ0n) is 82.8. The maximum Gasteiger partial charge on any atom is 0.253 e. The van der Waals surface area contributed by atoms with Crippen molar-refractivity contribution >= 4 is 58.0 Å². The van der Waals surface area contributed by atoms with Gasteiger partial charge in [0.1, 0.15) is 5.75 Å². The molecule has 0 saturated carbocycles. The Bertz CT molecular complexity index is 7320. The molecule has 20 rings (SSSR count). The van der Waals surface area contributed by atoms with Crippen molar-refractivity contribution < 1.29 is 28.7 Å². The quantitative estimate of drug-likeness (QED) is 0.0879. The fourth-order valence-electron chi connectivity index (χ4n) is 19.8. The summed E-state index contributed by atoms with van der Waals surface area (Å²) in [5.74, 6) is 1.38. The van der Waals surface area contributed by atoms with Gasteiger partial charge in [0.05, 0.1) is 50.2 Å². The molecule has 2 atom stereocenters. The summed E-state index contributed by atoms with van der Waals surface area (Å²) >= 11 is 0. The Balaban J connectivity index is 0.000000127. The third-order valence-corrected chi connectivity index (χ3v) is 27.4. The normalized spacial score (nSPS) is 14.0. The Morgan fingerprint density at radius 1 is 0.284 bits per heavy atom. The van der Waals surface area contributed by atoms with Crippen LogP contribution in [0.3, 0.4) is 0 Å². The van der Waals surface area contributed by atoms with Gasteiger partial charge in [0.15, 0.2) is 0 Å². The van der Waals surface area contributed by atoms with Crippen LogP contribution in [0.25, 0.3) is 55.6 Å². The van der Waals surface area contributed by atoms with Crippen LogP contribution in [-0.4, -0.2) is 64.5 Å². The van der Waals surface area contributed by atoms with E-state index in [-0.39, 0.29) is 69.4 Å². The fraction of sp³-hybridized carbons (Fsp3) is 0.252. The van der Waals surface area contributed by atoms with Crippen molar-refractivity contribution in [1.29, 1.82) is 0 Å². The molecule has 0 fully saturated rings. The van der Waals surface area contributed by atoms with Gasteiger partial charge in [0.2, 0.25) is 29.5 Å². The number of methoxy groups -OCH3 is 1. The summed E-state index contributed by atoms with van der Waals surface area (Å²) in [6.07, 6.45) is 17.3. The molecule has 0 aliphatic carbocycles. The number of nitrogens with zero attached hydrogens (tertiary/aromatic N) is 11. The lowest BCUT2D eigenvalue weighted by Gasteiger charge is -2.35. The van der Waals surface area contributed by atoms with Gasteiger partial charge in [0.25, 0.3) is 27.8 Å².